The monoisotopic (exact) mass is 232 g/mol. The van der Waals surface area contributed by atoms with Crippen LogP contribution >= 0.6 is 0 Å². The summed E-state index contributed by atoms with van der Waals surface area (Å²) in [6.07, 6.45) is 0.864. The van der Waals surface area contributed by atoms with E-state index in [2.05, 4.69) is 9.97 Å². The van der Waals surface area contributed by atoms with Gasteiger partial charge in [0.25, 0.3) is 0 Å². The van der Waals surface area contributed by atoms with E-state index in [0.29, 0.717) is 5.75 Å². The summed E-state index contributed by atoms with van der Waals surface area (Å²) in [5, 5.41) is 9.74. The number of imidazole rings is 1. The van der Waals surface area contributed by atoms with E-state index in [1.165, 1.54) is 7.11 Å². The molecule has 0 fully saturated rings. The summed E-state index contributed by atoms with van der Waals surface area (Å²) in [6.45, 7) is 4.02. The van der Waals surface area contributed by atoms with Crippen LogP contribution in [0, 0.1) is 6.92 Å². The van der Waals surface area contributed by atoms with Gasteiger partial charge in [0.05, 0.1) is 12.8 Å². The van der Waals surface area contributed by atoms with Gasteiger partial charge in [-0.2, -0.15) is 0 Å². The molecule has 0 bridgehead atoms. The highest BCUT2D eigenvalue weighted by Crippen LogP contribution is 2.31. The van der Waals surface area contributed by atoms with Gasteiger partial charge in [-0.3, -0.25) is 0 Å². The van der Waals surface area contributed by atoms with Crippen molar-refractivity contribution >= 4 is 0 Å². The van der Waals surface area contributed by atoms with E-state index in [1.807, 2.05) is 19.9 Å². The number of hydrogen-bond donors (Lipinski definition) is 2. The van der Waals surface area contributed by atoms with Crippen LogP contribution in [0.1, 0.15) is 18.4 Å². The molecule has 2 N–H and O–H groups in total. The van der Waals surface area contributed by atoms with Gasteiger partial charge in [0.15, 0.2) is 11.5 Å². The van der Waals surface area contributed by atoms with Crippen LogP contribution in [-0.2, 0) is 6.42 Å². The first kappa shape index (κ1) is 11.5. The number of nitrogens with zero attached hydrogens (tertiary/aromatic N) is 1. The zero-order valence-electron chi connectivity index (χ0n) is 10.2. The van der Waals surface area contributed by atoms with E-state index >= 15 is 0 Å². The first-order chi connectivity index (χ1) is 8.15. The maximum Gasteiger partial charge on any atom is 0.160 e. The highest BCUT2D eigenvalue weighted by atomic mass is 16.5. The number of rotatable bonds is 3. The Hall–Kier alpha value is -1.97. The molecule has 0 aliphatic rings. The molecule has 0 saturated heterocycles. The summed E-state index contributed by atoms with van der Waals surface area (Å²) >= 11 is 0. The number of aryl methyl sites for hydroxylation is 2. The fourth-order valence-corrected chi connectivity index (χ4v) is 1.81. The topological polar surface area (TPSA) is 58.1 Å². The van der Waals surface area contributed by atoms with Crippen LogP contribution in [0.3, 0.4) is 0 Å². The highest BCUT2D eigenvalue weighted by molar-refractivity contribution is 5.65. The van der Waals surface area contributed by atoms with Gasteiger partial charge in [-0.05, 0) is 25.1 Å². The smallest absolute Gasteiger partial charge is 0.160 e. The molecule has 0 unspecified atom stereocenters. The number of hydrogen-bond acceptors (Lipinski definition) is 3. The van der Waals surface area contributed by atoms with Gasteiger partial charge in [-0.25, -0.2) is 4.98 Å². The van der Waals surface area contributed by atoms with E-state index in [9.17, 15) is 5.11 Å². The number of aromatic amines is 1. The normalized spacial score (nSPS) is 10.5. The predicted molar refractivity (Wildman–Crippen MR) is 66.4 cm³/mol. The van der Waals surface area contributed by atoms with E-state index in [0.717, 1.165) is 29.2 Å². The quantitative estimate of drug-likeness (QED) is 0.855. The Morgan fingerprint density at radius 2 is 2.18 bits per heavy atom. The lowest BCUT2D eigenvalue weighted by atomic mass is 10.1. The lowest BCUT2D eigenvalue weighted by Gasteiger charge is -2.05. The molecule has 17 heavy (non-hydrogen) atoms. The average molecular weight is 232 g/mol. The number of methoxy groups -OCH3 is 1. The minimum Gasteiger partial charge on any atom is -0.504 e. The molecule has 0 radical (unpaired) electrons. The minimum absolute atomic E-state index is 0.130. The second kappa shape index (κ2) is 4.49. The van der Waals surface area contributed by atoms with Crippen LogP contribution in [-0.4, -0.2) is 22.2 Å². The van der Waals surface area contributed by atoms with Crippen molar-refractivity contribution in [3.8, 4) is 22.8 Å². The molecule has 0 aliphatic carbocycles. The van der Waals surface area contributed by atoms with Crippen molar-refractivity contribution in [3.63, 3.8) is 0 Å². The second-order valence-corrected chi connectivity index (χ2v) is 3.90. The number of aromatic hydroxyl groups is 1. The summed E-state index contributed by atoms with van der Waals surface area (Å²) in [6, 6.07) is 5.30. The fourth-order valence-electron chi connectivity index (χ4n) is 1.81. The molecule has 0 aliphatic heterocycles. The third kappa shape index (κ3) is 2.11. The van der Waals surface area contributed by atoms with Crippen molar-refractivity contribution in [2.75, 3.05) is 7.11 Å². The van der Waals surface area contributed by atoms with Crippen LogP contribution in [0.5, 0.6) is 11.5 Å². The van der Waals surface area contributed by atoms with Crippen LogP contribution in [0.2, 0.25) is 0 Å². The van der Waals surface area contributed by atoms with Crippen molar-refractivity contribution in [1.82, 2.24) is 9.97 Å². The van der Waals surface area contributed by atoms with Crippen molar-refractivity contribution in [3.05, 3.63) is 29.7 Å². The van der Waals surface area contributed by atoms with E-state index in [1.54, 1.807) is 12.1 Å². The number of phenols is 1. The number of benzene rings is 1. The van der Waals surface area contributed by atoms with Gasteiger partial charge in [0, 0.05) is 17.7 Å². The average Bonchev–Trinajstić information content (AvgIpc) is 2.70. The third-order valence-electron chi connectivity index (χ3n) is 2.72. The van der Waals surface area contributed by atoms with E-state index in [4.69, 9.17) is 4.74 Å². The summed E-state index contributed by atoms with van der Waals surface area (Å²) in [5.74, 6) is 1.55. The summed E-state index contributed by atoms with van der Waals surface area (Å²) in [5.41, 5.74) is 2.77. The molecule has 0 saturated carbocycles. The second-order valence-electron chi connectivity index (χ2n) is 3.90. The summed E-state index contributed by atoms with van der Waals surface area (Å²) in [7, 11) is 1.53. The Morgan fingerprint density at radius 3 is 2.71 bits per heavy atom. The molecule has 90 valence electrons. The molecule has 0 spiro atoms. The maximum absolute atomic E-state index is 9.74. The molecule has 0 atom stereocenters. The molecule has 1 heterocycles. The Kier molecular flexibility index (Phi) is 3.04. The molecule has 2 aromatic rings. The Labute approximate surface area is 100 Å². The SMILES string of the molecule is CCc1nc(-c2ccc(OC)c(O)c2)c(C)[nH]1. The van der Waals surface area contributed by atoms with Crippen molar-refractivity contribution in [1.29, 1.82) is 0 Å². The number of aromatic nitrogens is 2. The molecule has 0 amide bonds. The molecule has 1 aromatic heterocycles. The predicted octanol–water partition coefficient (Wildman–Crippen LogP) is 2.66. The molecule has 2 rings (SSSR count). The van der Waals surface area contributed by atoms with Gasteiger partial charge in [-0.15, -0.1) is 0 Å². The fraction of sp³-hybridized carbons (Fsp3) is 0.308. The summed E-state index contributed by atoms with van der Waals surface area (Å²) in [4.78, 5) is 7.70. The first-order valence-corrected chi connectivity index (χ1v) is 5.58. The minimum atomic E-state index is 0.130. The summed E-state index contributed by atoms with van der Waals surface area (Å²) < 4.78 is 5.01. The lowest BCUT2D eigenvalue weighted by molar-refractivity contribution is 0.373. The van der Waals surface area contributed by atoms with Crippen molar-refractivity contribution < 1.29 is 9.84 Å². The first-order valence-electron chi connectivity index (χ1n) is 5.58. The van der Waals surface area contributed by atoms with Gasteiger partial charge < -0.3 is 14.8 Å². The van der Waals surface area contributed by atoms with Crippen molar-refractivity contribution in [2.24, 2.45) is 0 Å². The Balaban J connectivity index is 2.45. The Bertz CT molecular complexity index is 532. The van der Waals surface area contributed by atoms with Gasteiger partial charge in [-0.1, -0.05) is 6.92 Å². The highest BCUT2D eigenvalue weighted by Gasteiger charge is 2.10. The number of nitrogens with one attached hydrogen (secondary N) is 1. The number of phenolic OH excluding ortho intramolecular Hbond substituents is 1. The third-order valence-corrected chi connectivity index (χ3v) is 2.72. The zero-order valence-corrected chi connectivity index (χ0v) is 10.2. The number of H-pyrrole nitrogens is 1. The molecule has 4 heteroatoms. The molecular weight excluding hydrogens is 216 g/mol. The van der Waals surface area contributed by atoms with E-state index in [-0.39, 0.29) is 5.75 Å². The van der Waals surface area contributed by atoms with Crippen LogP contribution < -0.4 is 4.74 Å². The number of ether oxygens (including phenoxy) is 1. The van der Waals surface area contributed by atoms with Gasteiger partial charge in [0.2, 0.25) is 0 Å². The van der Waals surface area contributed by atoms with Crippen LogP contribution in [0.25, 0.3) is 11.3 Å². The maximum atomic E-state index is 9.74. The van der Waals surface area contributed by atoms with Crippen LogP contribution in [0.15, 0.2) is 18.2 Å². The Morgan fingerprint density at radius 1 is 1.41 bits per heavy atom. The van der Waals surface area contributed by atoms with Gasteiger partial charge >= 0.3 is 0 Å². The van der Waals surface area contributed by atoms with E-state index < -0.39 is 0 Å². The molecule has 4 nitrogen and oxygen atoms in total. The van der Waals surface area contributed by atoms with Crippen LogP contribution in [0.4, 0.5) is 0 Å². The molecular formula is C13H16N2O2. The standard InChI is InChI=1S/C13H16N2O2/c1-4-12-14-8(2)13(15-12)9-5-6-11(17-3)10(16)7-9/h5-7,16H,4H2,1-3H3,(H,14,15). The zero-order chi connectivity index (χ0) is 12.4. The molecule has 1 aromatic carbocycles. The van der Waals surface area contributed by atoms with Crippen molar-refractivity contribution in [2.45, 2.75) is 20.3 Å². The largest absolute Gasteiger partial charge is 0.504 e. The lowest BCUT2D eigenvalue weighted by Crippen LogP contribution is -1.86. The van der Waals surface area contributed by atoms with Gasteiger partial charge in [0.1, 0.15) is 5.82 Å².